The second kappa shape index (κ2) is 7.75. The lowest BCUT2D eigenvalue weighted by atomic mass is 10.1. The molecule has 20 heavy (non-hydrogen) atoms. The topological polar surface area (TPSA) is 64.6 Å². The summed E-state index contributed by atoms with van der Waals surface area (Å²) in [6.45, 7) is 4.05. The minimum absolute atomic E-state index is 0.0449. The van der Waals surface area contributed by atoms with Crippen molar-refractivity contribution in [1.29, 1.82) is 0 Å². The molecule has 5 nitrogen and oxygen atoms in total. The fraction of sp³-hybridized carbons (Fsp3) is 0.533. The number of carbonyl (C=O) groups excluding carboxylic acids is 1. The Morgan fingerprint density at radius 1 is 1.40 bits per heavy atom. The van der Waals surface area contributed by atoms with E-state index in [-0.39, 0.29) is 18.7 Å². The van der Waals surface area contributed by atoms with Gasteiger partial charge in [-0.2, -0.15) is 0 Å². The van der Waals surface area contributed by atoms with Gasteiger partial charge in [0.1, 0.15) is 0 Å². The largest absolute Gasteiger partial charge is 0.396 e. The average Bonchev–Trinajstić information content (AvgIpc) is 2.38. The first kappa shape index (κ1) is 16.3. The van der Waals surface area contributed by atoms with E-state index in [2.05, 4.69) is 10.6 Å². The molecule has 1 aromatic rings. The molecule has 5 heteroatoms. The van der Waals surface area contributed by atoms with Gasteiger partial charge >= 0.3 is 6.03 Å². The molecule has 0 spiro atoms. The Morgan fingerprint density at radius 2 is 2.10 bits per heavy atom. The number of carbonyl (C=O) groups is 1. The van der Waals surface area contributed by atoms with Gasteiger partial charge in [-0.3, -0.25) is 0 Å². The fourth-order valence-corrected chi connectivity index (χ4v) is 1.92. The second-order valence-corrected chi connectivity index (χ2v) is 5.26. The Hall–Kier alpha value is -1.75. The molecule has 0 bridgehead atoms. The average molecular weight is 279 g/mol. The number of hydrogen-bond donors (Lipinski definition) is 3. The molecule has 0 saturated heterocycles. The summed E-state index contributed by atoms with van der Waals surface area (Å²) in [7, 11) is 3.97. The summed E-state index contributed by atoms with van der Waals surface area (Å²) in [6.07, 6.45) is 1.46. The van der Waals surface area contributed by atoms with Gasteiger partial charge in [0.2, 0.25) is 0 Å². The third-order valence-electron chi connectivity index (χ3n) is 3.15. The predicted octanol–water partition coefficient (Wildman–Crippen LogP) is 2.34. The number of hydrogen-bond acceptors (Lipinski definition) is 3. The van der Waals surface area contributed by atoms with Gasteiger partial charge in [-0.05, 0) is 50.5 Å². The monoisotopic (exact) mass is 279 g/mol. The normalized spacial score (nSPS) is 11.8. The molecule has 112 valence electrons. The zero-order chi connectivity index (χ0) is 15.1. The Labute approximate surface area is 121 Å². The van der Waals surface area contributed by atoms with E-state index in [1.54, 1.807) is 0 Å². The minimum Gasteiger partial charge on any atom is -0.396 e. The molecule has 0 aliphatic rings. The predicted molar refractivity (Wildman–Crippen MR) is 83.4 cm³/mol. The van der Waals surface area contributed by atoms with Gasteiger partial charge in [0.05, 0.1) is 0 Å². The quantitative estimate of drug-likeness (QED) is 0.749. The Balaban J connectivity index is 2.58. The maximum atomic E-state index is 11.9. The highest BCUT2D eigenvalue weighted by atomic mass is 16.3. The molecule has 3 N–H and O–H groups in total. The van der Waals surface area contributed by atoms with E-state index in [1.807, 2.05) is 51.0 Å². The minimum atomic E-state index is -0.212. The molecule has 1 rings (SSSR count). The van der Waals surface area contributed by atoms with E-state index in [9.17, 15) is 4.79 Å². The highest BCUT2D eigenvalue weighted by Gasteiger charge is 2.09. The van der Waals surface area contributed by atoms with E-state index >= 15 is 0 Å². The van der Waals surface area contributed by atoms with Crippen molar-refractivity contribution in [3.63, 3.8) is 0 Å². The van der Waals surface area contributed by atoms with Crippen LogP contribution >= 0.6 is 0 Å². The van der Waals surface area contributed by atoms with Crippen molar-refractivity contribution in [2.24, 2.45) is 0 Å². The number of nitrogens with zero attached hydrogens (tertiary/aromatic N) is 1. The van der Waals surface area contributed by atoms with Gasteiger partial charge in [0, 0.05) is 38.1 Å². The van der Waals surface area contributed by atoms with Crippen LogP contribution in [0.15, 0.2) is 18.2 Å². The smallest absolute Gasteiger partial charge is 0.319 e. The standard InChI is InChI=1S/C15H25N3O2/c1-11-10-13(18(3)4)7-8-14(11)17-15(20)16-12(2)6-5-9-19/h7-8,10,12,19H,5-6,9H2,1-4H3,(H2,16,17,20). The molecule has 0 aliphatic heterocycles. The highest BCUT2D eigenvalue weighted by Crippen LogP contribution is 2.21. The van der Waals surface area contributed by atoms with Crippen LogP contribution in [0.2, 0.25) is 0 Å². The number of benzene rings is 1. The number of aryl methyl sites for hydroxylation is 1. The number of anilines is 2. The van der Waals surface area contributed by atoms with E-state index < -0.39 is 0 Å². The second-order valence-electron chi connectivity index (χ2n) is 5.26. The van der Waals surface area contributed by atoms with Gasteiger partial charge in [-0.25, -0.2) is 4.79 Å². The molecule has 2 amide bonds. The molecule has 0 fully saturated rings. The van der Waals surface area contributed by atoms with Gasteiger partial charge in [0.25, 0.3) is 0 Å². The molecule has 1 aromatic carbocycles. The maximum absolute atomic E-state index is 11.9. The SMILES string of the molecule is Cc1cc(N(C)C)ccc1NC(=O)NC(C)CCCO. The first-order chi connectivity index (χ1) is 9.43. The highest BCUT2D eigenvalue weighted by molar-refractivity contribution is 5.90. The number of aliphatic hydroxyl groups is 1. The first-order valence-electron chi connectivity index (χ1n) is 6.90. The van der Waals surface area contributed by atoms with Crippen LogP contribution < -0.4 is 15.5 Å². The van der Waals surface area contributed by atoms with Crippen LogP contribution in [-0.2, 0) is 0 Å². The van der Waals surface area contributed by atoms with E-state index in [0.29, 0.717) is 6.42 Å². The Bertz CT molecular complexity index is 447. The van der Waals surface area contributed by atoms with Crippen LogP contribution in [0.3, 0.4) is 0 Å². The number of nitrogens with one attached hydrogen (secondary N) is 2. The number of urea groups is 1. The third kappa shape index (κ3) is 5.09. The Morgan fingerprint density at radius 3 is 2.65 bits per heavy atom. The van der Waals surface area contributed by atoms with Crippen molar-refractivity contribution < 1.29 is 9.90 Å². The van der Waals surface area contributed by atoms with Crippen molar-refractivity contribution in [3.05, 3.63) is 23.8 Å². The number of amides is 2. The molecule has 0 saturated carbocycles. The zero-order valence-electron chi connectivity index (χ0n) is 12.7. The molecule has 0 radical (unpaired) electrons. The van der Waals surface area contributed by atoms with Crippen molar-refractivity contribution in [3.8, 4) is 0 Å². The van der Waals surface area contributed by atoms with Crippen LogP contribution in [-0.4, -0.2) is 37.9 Å². The molecule has 0 aliphatic carbocycles. The lowest BCUT2D eigenvalue weighted by Crippen LogP contribution is -2.36. The van der Waals surface area contributed by atoms with Crippen LogP contribution in [0.25, 0.3) is 0 Å². The third-order valence-corrected chi connectivity index (χ3v) is 3.15. The van der Waals surface area contributed by atoms with Crippen molar-refractivity contribution >= 4 is 17.4 Å². The molecule has 1 atom stereocenters. The lowest BCUT2D eigenvalue weighted by molar-refractivity contribution is 0.245. The van der Waals surface area contributed by atoms with Crippen LogP contribution in [0, 0.1) is 6.92 Å². The fourth-order valence-electron chi connectivity index (χ4n) is 1.92. The van der Waals surface area contributed by atoms with Crippen molar-refractivity contribution in [2.75, 3.05) is 30.9 Å². The summed E-state index contributed by atoms with van der Waals surface area (Å²) < 4.78 is 0. The van der Waals surface area contributed by atoms with E-state index in [1.165, 1.54) is 0 Å². The molecular weight excluding hydrogens is 254 g/mol. The summed E-state index contributed by atoms with van der Waals surface area (Å²) >= 11 is 0. The van der Waals surface area contributed by atoms with Gasteiger partial charge in [-0.15, -0.1) is 0 Å². The van der Waals surface area contributed by atoms with E-state index in [4.69, 9.17) is 5.11 Å². The molecule has 0 aromatic heterocycles. The maximum Gasteiger partial charge on any atom is 0.319 e. The number of rotatable bonds is 6. The first-order valence-corrected chi connectivity index (χ1v) is 6.90. The zero-order valence-corrected chi connectivity index (χ0v) is 12.7. The van der Waals surface area contributed by atoms with Gasteiger partial charge < -0.3 is 20.6 Å². The van der Waals surface area contributed by atoms with Gasteiger partial charge in [-0.1, -0.05) is 0 Å². The summed E-state index contributed by atoms with van der Waals surface area (Å²) in [5.74, 6) is 0. The lowest BCUT2D eigenvalue weighted by Gasteiger charge is -2.17. The van der Waals surface area contributed by atoms with Crippen LogP contribution in [0.5, 0.6) is 0 Å². The summed E-state index contributed by atoms with van der Waals surface area (Å²) in [5.41, 5.74) is 2.93. The molecular formula is C15H25N3O2. The summed E-state index contributed by atoms with van der Waals surface area (Å²) in [6, 6.07) is 5.74. The molecule has 0 heterocycles. The van der Waals surface area contributed by atoms with E-state index in [0.717, 1.165) is 23.4 Å². The summed E-state index contributed by atoms with van der Waals surface area (Å²) in [5, 5.41) is 14.5. The van der Waals surface area contributed by atoms with Crippen LogP contribution in [0.4, 0.5) is 16.2 Å². The molecule has 1 unspecified atom stereocenters. The van der Waals surface area contributed by atoms with Crippen molar-refractivity contribution in [2.45, 2.75) is 32.7 Å². The van der Waals surface area contributed by atoms with Gasteiger partial charge in [0.15, 0.2) is 0 Å². The summed E-state index contributed by atoms with van der Waals surface area (Å²) in [4.78, 5) is 13.9. The van der Waals surface area contributed by atoms with Crippen molar-refractivity contribution in [1.82, 2.24) is 5.32 Å². The Kier molecular flexibility index (Phi) is 6.31. The van der Waals surface area contributed by atoms with Crippen LogP contribution in [0.1, 0.15) is 25.3 Å². The number of aliphatic hydroxyl groups excluding tert-OH is 1.